The molecular formula is C18H29IN4O. The Labute approximate surface area is 162 Å². The molecule has 1 aromatic carbocycles. The molecular weight excluding hydrogens is 415 g/mol. The van der Waals surface area contributed by atoms with E-state index in [1.54, 1.807) is 0 Å². The number of rotatable bonds is 5. The zero-order valence-corrected chi connectivity index (χ0v) is 16.9. The molecule has 0 radical (unpaired) electrons. The molecule has 0 aliphatic heterocycles. The molecule has 1 aromatic rings. The first kappa shape index (κ1) is 20.7. The fourth-order valence-corrected chi connectivity index (χ4v) is 2.99. The third kappa shape index (κ3) is 6.67. The summed E-state index contributed by atoms with van der Waals surface area (Å²) in [5, 5.41) is 3.46. The number of amides is 1. The van der Waals surface area contributed by atoms with Gasteiger partial charge in [0.15, 0.2) is 5.96 Å². The quantitative estimate of drug-likeness (QED) is 0.417. The van der Waals surface area contributed by atoms with Crippen molar-refractivity contribution in [2.24, 2.45) is 22.6 Å². The molecule has 0 bridgehead atoms. The van der Waals surface area contributed by atoms with Gasteiger partial charge in [0.1, 0.15) is 0 Å². The standard InChI is InChI=1S/C18H28N4O.HI/c1-22(2)18(20-12-14-6-4-3-5-7-14)21-13-15-8-10-16(11-9-15)17(19)23;/h3-7,15-16H,8-13H2,1-2H3,(H2,19,23)(H,20,21);1H. The van der Waals surface area contributed by atoms with E-state index in [1.807, 2.05) is 37.2 Å². The average molecular weight is 444 g/mol. The lowest BCUT2D eigenvalue weighted by Crippen LogP contribution is -2.40. The number of benzene rings is 1. The van der Waals surface area contributed by atoms with E-state index in [1.165, 1.54) is 5.56 Å². The van der Waals surface area contributed by atoms with Crippen LogP contribution in [0.5, 0.6) is 0 Å². The van der Waals surface area contributed by atoms with Crippen LogP contribution in [0.3, 0.4) is 0 Å². The maximum absolute atomic E-state index is 11.2. The molecule has 1 saturated carbocycles. The molecule has 2 rings (SSSR count). The normalized spacial score (nSPS) is 20.8. The molecule has 0 spiro atoms. The average Bonchev–Trinajstić information content (AvgIpc) is 2.56. The number of aliphatic imine (C=N–C) groups is 1. The van der Waals surface area contributed by atoms with Gasteiger partial charge in [0.2, 0.25) is 5.91 Å². The number of halogens is 1. The fraction of sp³-hybridized carbons (Fsp3) is 0.556. The van der Waals surface area contributed by atoms with Crippen molar-refractivity contribution in [3.05, 3.63) is 35.9 Å². The molecule has 0 saturated heterocycles. The summed E-state index contributed by atoms with van der Waals surface area (Å²) in [5.41, 5.74) is 6.59. The van der Waals surface area contributed by atoms with E-state index < -0.39 is 0 Å². The first-order valence-corrected chi connectivity index (χ1v) is 8.35. The van der Waals surface area contributed by atoms with Gasteiger partial charge < -0.3 is 16.0 Å². The topological polar surface area (TPSA) is 70.7 Å². The molecule has 0 heterocycles. The van der Waals surface area contributed by atoms with E-state index >= 15 is 0 Å². The van der Waals surface area contributed by atoms with Crippen molar-refractivity contribution in [1.29, 1.82) is 0 Å². The predicted molar refractivity (Wildman–Crippen MR) is 109 cm³/mol. The van der Waals surface area contributed by atoms with E-state index in [-0.39, 0.29) is 35.8 Å². The second-order valence-electron chi connectivity index (χ2n) is 6.52. The third-order valence-electron chi connectivity index (χ3n) is 4.48. The largest absolute Gasteiger partial charge is 0.369 e. The number of carbonyl (C=O) groups is 1. The SMILES string of the molecule is CN(C)C(=NCc1ccccc1)NCC1CCC(C(N)=O)CC1.I. The van der Waals surface area contributed by atoms with E-state index in [0.29, 0.717) is 12.5 Å². The number of nitrogens with two attached hydrogens (primary N) is 1. The van der Waals surface area contributed by atoms with E-state index in [4.69, 9.17) is 5.73 Å². The van der Waals surface area contributed by atoms with Crippen molar-refractivity contribution in [2.75, 3.05) is 20.6 Å². The van der Waals surface area contributed by atoms with Gasteiger partial charge in [-0.3, -0.25) is 4.79 Å². The Morgan fingerprint density at radius 2 is 1.83 bits per heavy atom. The summed E-state index contributed by atoms with van der Waals surface area (Å²) in [4.78, 5) is 17.9. The van der Waals surface area contributed by atoms with Gasteiger partial charge >= 0.3 is 0 Å². The Hall–Kier alpha value is -1.31. The summed E-state index contributed by atoms with van der Waals surface area (Å²) in [6.07, 6.45) is 3.94. The number of nitrogens with zero attached hydrogens (tertiary/aromatic N) is 2. The van der Waals surface area contributed by atoms with Crippen molar-refractivity contribution in [1.82, 2.24) is 10.2 Å². The summed E-state index contributed by atoms with van der Waals surface area (Å²) >= 11 is 0. The summed E-state index contributed by atoms with van der Waals surface area (Å²) < 4.78 is 0. The number of guanidine groups is 1. The highest BCUT2D eigenvalue weighted by molar-refractivity contribution is 14.0. The van der Waals surface area contributed by atoms with Crippen molar-refractivity contribution in [3.8, 4) is 0 Å². The summed E-state index contributed by atoms with van der Waals surface area (Å²) in [7, 11) is 4.00. The lowest BCUT2D eigenvalue weighted by atomic mass is 9.82. The van der Waals surface area contributed by atoms with Crippen LogP contribution in [-0.2, 0) is 11.3 Å². The van der Waals surface area contributed by atoms with Crippen LogP contribution in [0.2, 0.25) is 0 Å². The Kier molecular flexibility index (Phi) is 9.10. The van der Waals surface area contributed by atoms with Gasteiger partial charge in [-0.05, 0) is 37.2 Å². The summed E-state index contributed by atoms with van der Waals surface area (Å²) in [6, 6.07) is 10.3. The van der Waals surface area contributed by atoms with Crippen LogP contribution in [0.1, 0.15) is 31.2 Å². The number of primary amides is 1. The van der Waals surface area contributed by atoms with Gasteiger partial charge in [-0.15, -0.1) is 24.0 Å². The van der Waals surface area contributed by atoms with Gasteiger partial charge in [-0.2, -0.15) is 0 Å². The minimum absolute atomic E-state index is 0. The molecule has 0 unspecified atom stereocenters. The molecule has 3 N–H and O–H groups in total. The van der Waals surface area contributed by atoms with E-state index in [0.717, 1.165) is 38.2 Å². The molecule has 0 atom stereocenters. The molecule has 6 heteroatoms. The number of nitrogens with one attached hydrogen (secondary N) is 1. The van der Waals surface area contributed by atoms with Crippen molar-refractivity contribution in [2.45, 2.75) is 32.2 Å². The predicted octanol–water partition coefficient (Wildman–Crippen LogP) is 2.60. The molecule has 0 aromatic heterocycles. The highest BCUT2D eigenvalue weighted by Crippen LogP contribution is 2.28. The van der Waals surface area contributed by atoms with Crippen molar-refractivity contribution >= 4 is 35.8 Å². The van der Waals surface area contributed by atoms with Crippen LogP contribution >= 0.6 is 24.0 Å². The molecule has 134 valence electrons. The third-order valence-corrected chi connectivity index (χ3v) is 4.48. The lowest BCUT2D eigenvalue weighted by Gasteiger charge is -2.28. The van der Waals surface area contributed by atoms with Gasteiger partial charge in [0.25, 0.3) is 0 Å². The highest BCUT2D eigenvalue weighted by atomic mass is 127. The fourth-order valence-electron chi connectivity index (χ4n) is 2.99. The number of hydrogen-bond donors (Lipinski definition) is 2. The zero-order valence-electron chi connectivity index (χ0n) is 14.6. The van der Waals surface area contributed by atoms with Crippen molar-refractivity contribution in [3.63, 3.8) is 0 Å². The first-order chi connectivity index (χ1) is 11.1. The smallest absolute Gasteiger partial charge is 0.220 e. The van der Waals surface area contributed by atoms with Crippen molar-refractivity contribution < 1.29 is 4.79 Å². The Balaban J connectivity index is 0.00000288. The molecule has 1 amide bonds. The summed E-state index contributed by atoms with van der Waals surface area (Å²) in [5.74, 6) is 1.43. The number of hydrogen-bond acceptors (Lipinski definition) is 2. The van der Waals surface area contributed by atoms with Gasteiger partial charge in [-0.1, -0.05) is 30.3 Å². The van der Waals surface area contributed by atoms with E-state index in [2.05, 4.69) is 22.4 Å². The maximum Gasteiger partial charge on any atom is 0.220 e. The highest BCUT2D eigenvalue weighted by Gasteiger charge is 2.24. The van der Waals surface area contributed by atoms with Crippen LogP contribution in [0, 0.1) is 11.8 Å². The Bertz CT molecular complexity index is 525. The molecule has 5 nitrogen and oxygen atoms in total. The zero-order chi connectivity index (χ0) is 16.7. The van der Waals surface area contributed by atoms with Crippen LogP contribution in [0.15, 0.2) is 35.3 Å². The number of carbonyl (C=O) groups excluding carboxylic acids is 1. The molecule has 1 aliphatic rings. The molecule has 1 fully saturated rings. The summed E-state index contributed by atoms with van der Waals surface area (Å²) in [6.45, 7) is 1.58. The maximum atomic E-state index is 11.2. The Morgan fingerprint density at radius 1 is 1.21 bits per heavy atom. The molecule has 24 heavy (non-hydrogen) atoms. The monoisotopic (exact) mass is 444 g/mol. The van der Waals surface area contributed by atoms with Crippen LogP contribution < -0.4 is 11.1 Å². The molecule has 1 aliphatic carbocycles. The Morgan fingerprint density at radius 3 is 2.38 bits per heavy atom. The lowest BCUT2D eigenvalue weighted by molar-refractivity contribution is -0.122. The van der Waals surface area contributed by atoms with E-state index in [9.17, 15) is 4.79 Å². The van der Waals surface area contributed by atoms with Crippen LogP contribution in [0.25, 0.3) is 0 Å². The van der Waals surface area contributed by atoms with Gasteiger partial charge in [-0.25, -0.2) is 4.99 Å². The van der Waals surface area contributed by atoms with Gasteiger partial charge in [0, 0.05) is 26.6 Å². The van der Waals surface area contributed by atoms with Gasteiger partial charge in [0.05, 0.1) is 6.54 Å². The minimum Gasteiger partial charge on any atom is -0.369 e. The second-order valence-corrected chi connectivity index (χ2v) is 6.52. The van der Waals surface area contributed by atoms with Crippen LogP contribution in [-0.4, -0.2) is 37.4 Å². The van der Waals surface area contributed by atoms with Crippen LogP contribution in [0.4, 0.5) is 0 Å². The second kappa shape index (κ2) is 10.5. The first-order valence-electron chi connectivity index (χ1n) is 8.35. The minimum atomic E-state index is -0.144.